The van der Waals surface area contributed by atoms with Crippen LogP contribution in [0.4, 0.5) is 5.69 Å². The van der Waals surface area contributed by atoms with E-state index >= 15 is 0 Å². The molecule has 0 aliphatic heterocycles. The summed E-state index contributed by atoms with van der Waals surface area (Å²) in [5.41, 5.74) is 2.91. The first-order chi connectivity index (χ1) is 13.0. The van der Waals surface area contributed by atoms with Crippen LogP contribution in [0.2, 0.25) is 0 Å². The summed E-state index contributed by atoms with van der Waals surface area (Å²) in [6.45, 7) is 4.84. The van der Waals surface area contributed by atoms with Gasteiger partial charge in [-0.15, -0.1) is 0 Å². The van der Waals surface area contributed by atoms with Crippen LogP contribution in [0, 0.1) is 5.92 Å². The Labute approximate surface area is 159 Å². The van der Waals surface area contributed by atoms with Crippen LogP contribution in [-0.4, -0.2) is 16.4 Å². The zero-order chi connectivity index (χ0) is 19.2. The Balaban J connectivity index is 1.47. The van der Waals surface area contributed by atoms with Crippen LogP contribution in [0.1, 0.15) is 25.8 Å². The molecule has 0 atom stereocenters. The fourth-order valence-corrected chi connectivity index (χ4v) is 2.84. The zero-order valence-electron chi connectivity index (χ0n) is 15.7. The Morgan fingerprint density at radius 3 is 2.48 bits per heavy atom. The number of fused-ring (bicyclic) bond motifs is 1. The van der Waals surface area contributed by atoms with Crippen molar-refractivity contribution in [2.75, 3.05) is 5.32 Å². The highest BCUT2D eigenvalue weighted by Crippen LogP contribution is 2.15. The Bertz CT molecular complexity index is 926. The number of nitrogens with one attached hydrogen (secondary N) is 2. The molecule has 1 aromatic heterocycles. The molecule has 0 aliphatic carbocycles. The molecule has 0 saturated heterocycles. The summed E-state index contributed by atoms with van der Waals surface area (Å²) in [6.07, 6.45) is 2.45. The second-order valence-electron chi connectivity index (χ2n) is 6.94. The minimum atomic E-state index is -0.0543. The minimum absolute atomic E-state index is 0.00594. The van der Waals surface area contributed by atoms with Gasteiger partial charge < -0.3 is 15.2 Å². The van der Waals surface area contributed by atoms with Crippen molar-refractivity contribution in [2.24, 2.45) is 5.92 Å². The summed E-state index contributed by atoms with van der Waals surface area (Å²) >= 11 is 0. The first kappa shape index (κ1) is 18.7. The van der Waals surface area contributed by atoms with E-state index in [1.165, 1.54) is 5.39 Å². The molecule has 5 heteroatoms. The summed E-state index contributed by atoms with van der Waals surface area (Å²) < 4.78 is 2.10. The molecule has 0 aliphatic rings. The average Bonchev–Trinajstić information content (AvgIpc) is 3.09. The molecule has 1 heterocycles. The van der Waals surface area contributed by atoms with Gasteiger partial charge in [0.2, 0.25) is 11.8 Å². The van der Waals surface area contributed by atoms with Gasteiger partial charge >= 0.3 is 0 Å². The maximum Gasteiger partial charge on any atom is 0.226 e. The van der Waals surface area contributed by atoms with Crippen molar-refractivity contribution >= 4 is 28.4 Å². The number of hydrogen-bond acceptors (Lipinski definition) is 2. The number of amides is 2. The average molecular weight is 363 g/mol. The third-order valence-electron chi connectivity index (χ3n) is 4.50. The predicted octanol–water partition coefficient (Wildman–Crippen LogP) is 3.94. The lowest BCUT2D eigenvalue weighted by atomic mass is 10.1. The van der Waals surface area contributed by atoms with Gasteiger partial charge in [-0.1, -0.05) is 44.2 Å². The van der Waals surface area contributed by atoms with E-state index < -0.39 is 0 Å². The lowest BCUT2D eigenvalue weighted by molar-refractivity contribution is -0.121. The summed E-state index contributed by atoms with van der Waals surface area (Å²) in [5.74, 6) is -0.0417. The van der Waals surface area contributed by atoms with Gasteiger partial charge in [0.15, 0.2) is 0 Å². The second-order valence-corrected chi connectivity index (χ2v) is 6.94. The van der Waals surface area contributed by atoms with Gasteiger partial charge in [-0.3, -0.25) is 9.59 Å². The molecular weight excluding hydrogens is 338 g/mol. The number of benzene rings is 2. The quantitative estimate of drug-likeness (QED) is 0.668. The maximum atomic E-state index is 12.2. The summed E-state index contributed by atoms with van der Waals surface area (Å²) in [6, 6.07) is 17.7. The van der Waals surface area contributed by atoms with Gasteiger partial charge in [-0.05, 0) is 35.2 Å². The number of hydrogen-bond donors (Lipinski definition) is 2. The number of carbonyl (C=O) groups excluding carboxylic acids is 2. The number of para-hydroxylation sites is 1. The van der Waals surface area contributed by atoms with Gasteiger partial charge in [0.1, 0.15) is 0 Å². The Morgan fingerprint density at radius 1 is 1.00 bits per heavy atom. The van der Waals surface area contributed by atoms with Crippen LogP contribution in [0.5, 0.6) is 0 Å². The molecule has 5 nitrogen and oxygen atoms in total. The highest BCUT2D eigenvalue weighted by Gasteiger charge is 2.07. The minimum Gasteiger partial charge on any atom is -0.352 e. The Hall–Kier alpha value is -3.08. The van der Waals surface area contributed by atoms with Crippen LogP contribution in [0.15, 0.2) is 60.8 Å². The van der Waals surface area contributed by atoms with E-state index in [4.69, 9.17) is 0 Å². The fraction of sp³-hybridized carbons (Fsp3) is 0.273. The molecule has 0 spiro atoms. The largest absolute Gasteiger partial charge is 0.352 e. The van der Waals surface area contributed by atoms with E-state index in [1.807, 2.05) is 56.4 Å². The number of rotatable bonds is 7. The first-order valence-electron chi connectivity index (χ1n) is 9.23. The highest BCUT2D eigenvalue weighted by atomic mass is 16.2. The summed E-state index contributed by atoms with van der Waals surface area (Å²) in [7, 11) is 0. The van der Waals surface area contributed by atoms with E-state index in [0.717, 1.165) is 16.8 Å². The van der Waals surface area contributed by atoms with E-state index in [1.54, 1.807) is 0 Å². The fourth-order valence-electron chi connectivity index (χ4n) is 2.84. The molecule has 3 rings (SSSR count). The van der Waals surface area contributed by atoms with Gasteiger partial charge in [0.05, 0.1) is 0 Å². The normalized spacial score (nSPS) is 10.9. The van der Waals surface area contributed by atoms with Gasteiger partial charge in [-0.25, -0.2) is 0 Å². The third-order valence-corrected chi connectivity index (χ3v) is 4.50. The van der Waals surface area contributed by atoms with Gasteiger partial charge in [0, 0.05) is 42.8 Å². The number of nitrogens with zero attached hydrogens (tertiary/aromatic N) is 1. The van der Waals surface area contributed by atoms with E-state index in [2.05, 4.69) is 33.4 Å². The van der Waals surface area contributed by atoms with Crippen LogP contribution >= 0.6 is 0 Å². The highest BCUT2D eigenvalue weighted by molar-refractivity contribution is 5.92. The van der Waals surface area contributed by atoms with E-state index in [-0.39, 0.29) is 17.7 Å². The standard InChI is InChI=1S/C22H25N3O2/c1-16(2)22(27)24-19-9-7-17(8-10-19)15-23-21(26)12-14-25-13-11-18-5-3-4-6-20(18)25/h3-11,13,16H,12,14-15H2,1-2H3,(H,23,26)(H,24,27). The van der Waals surface area contributed by atoms with Gasteiger partial charge in [-0.2, -0.15) is 0 Å². The van der Waals surface area contributed by atoms with Gasteiger partial charge in [0.25, 0.3) is 0 Å². The van der Waals surface area contributed by atoms with Crippen molar-refractivity contribution in [1.29, 1.82) is 0 Å². The maximum absolute atomic E-state index is 12.2. The summed E-state index contributed by atoms with van der Waals surface area (Å²) in [4.78, 5) is 23.8. The van der Waals surface area contributed by atoms with Crippen molar-refractivity contribution in [3.05, 3.63) is 66.4 Å². The molecule has 0 bridgehead atoms. The third kappa shape index (κ3) is 4.97. The van der Waals surface area contributed by atoms with Crippen molar-refractivity contribution in [3.63, 3.8) is 0 Å². The smallest absolute Gasteiger partial charge is 0.226 e. The lowest BCUT2D eigenvalue weighted by Crippen LogP contribution is -2.23. The van der Waals surface area contributed by atoms with Crippen LogP contribution in [-0.2, 0) is 22.7 Å². The molecule has 0 radical (unpaired) electrons. The molecule has 3 aromatic rings. The summed E-state index contributed by atoms with van der Waals surface area (Å²) in [5, 5.41) is 6.99. The van der Waals surface area contributed by atoms with Crippen molar-refractivity contribution in [2.45, 2.75) is 33.4 Å². The van der Waals surface area contributed by atoms with Crippen molar-refractivity contribution < 1.29 is 9.59 Å². The second kappa shape index (κ2) is 8.54. The molecule has 140 valence electrons. The number of aromatic nitrogens is 1. The monoisotopic (exact) mass is 363 g/mol. The van der Waals surface area contributed by atoms with Crippen molar-refractivity contribution in [1.82, 2.24) is 9.88 Å². The Morgan fingerprint density at radius 2 is 1.74 bits per heavy atom. The Kier molecular flexibility index (Phi) is 5.91. The van der Waals surface area contributed by atoms with E-state index in [0.29, 0.717) is 19.5 Å². The molecular formula is C22H25N3O2. The number of carbonyl (C=O) groups is 2. The predicted molar refractivity (Wildman–Crippen MR) is 108 cm³/mol. The van der Waals surface area contributed by atoms with Crippen molar-refractivity contribution in [3.8, 4) is 0 Å². The number of anilines is 1. The van der Waals surface area contributed by atoms with E-state index in [9.17, 15) is 9.59 Å². The zero-order valence-corrected chi connectivity index (χ0v) is 15.7. The SMILES string of the molecule is CC(C)C(=O)Nc1ccc(CNC(=O)CCn2ccc3ccccc32)cc1. The molecule has 0 unspecified atom stereocenters. The number of aryl methyl sites for hydroxylation is 1. The topological polar surface area (TPSA) is 63.1 Å². The molecule has 2 aromatic carbocycles. The molecule has 2 N–H and O–H groups in total. The lowest BCUT2D eigenvalue weighted by Gasteiger charge is -2.10. The molecule has 2 amide bonds. The molecule has 0 saturated carbocycles. The van der Waals surface area contributed by atoms with Crippen LogP contribution < -0.4 is 10.6 Å². The van der Waals surface area contributed by atoms with Crippen LogP contribution in [0.3, 0.4) is 0 Å². The van der Waals surface area contributed by atoms with Crippen LogP contribution in [0.25, 0.3) is 10.9 Å². The molecule has 27 heavy (non-hydrogen) atoms. The molecule has 0 fully saturated rings. The first-order valence-corrected chi connectivity index (χ1v) is 9.23.